The molecular weight excluding hydrogens is 524 g/mol. The van der Waals surface area contributed by atoms with E-state index in [9.17, 15) is 21.6 Å². The molecule has 0 spiro atoms. The van der Waals surface area contributed by atoms with Crippen molar-refractivity contribution < 1.29 is 26.0 Å². The number of thiophene rings is 1. The summed E-state index contributed by atoms with van der Waals surface area (Å²) in [6.07, 6.45) is 0.850. The first-order valence-electron chi connectivity index (χ1n) is 10.3. The van der Waals surface area contributed by atoms with Gasteiger partial charge in [-0.15, -0.1) is 16.4 Å². The number of carbonyl (C=O) groups excluding carboxylic acids is 1. The van der Waals surface area contributed by atoms with Gasteiger partial charge in [0.2, 0.25) is 11.8 Å². The summed E-state index contributed by atoms with van der Waals surface area (Å²) in [5.41, 5.74) is 0.370. The van der Waals surface area contributed by atoms with Gasteiger partial charge in [-0.3, -0.25) is 10.1 Å². The van der Waals surface area contributed by atoms with Crippen molar-refractivity contribution in [3.05, 3.63) is 40.7 Å². The highest BCUT2D eigenvalue weighted by Gasteiger charge is 2.40. The molecule has 34 heavy (non-hydrogen) atoms. The van der Waals surface area contributed by atoms with Crippen molar-refractivity contribution in [3.63, 3.8) is 0 Å². The topological polar surface area (TPSA) is 140 Å². The second kappa shape index (κ2) is 9.38. The Morgan fingerprint density at radius 3 is 2.65 bits per heavy atom. The largest absolute Gasteiger partial charge is 0.403 e. The van der Waals surface area contributed by atoms with Gasteiger partial charge < -0.3 is 4.42 Å². The number of anilines is 1. The average Bonchev–Trinajstić information content (AvgIpc) is 3.54. The van der Waals surface area contributed by atoms with Gasteiger partial charge in [-0.25, -0.2) is 16.8 Å². The minimum atomic E-state index is -3.88. The molecule has 2 aromatic heterocycles. The lowest BCUT2D eigenvalue weighted by atomic mass is 10.2. The van der Waals surface area contributed by atoms with Gasteiger partial charge in [0.15, 0.2) is 9.84 Å². The Morgan fingerprint density at radius 2 is 1.97 bits per heavy atom. The fourth-order valence-electron chi connectivity index (χ4n) is 3.50. The Balaban J connectivity index is 1.52. The van der Waals surface area contributed by atoms with Gasteiger partial charge in [0.05, 0.1) is 14.5 Å². The first kappa shape index (κ1) is 24.8. The molecular formula is C20H21ClN4O6S3. The number of rotatable bonds is 7. The molecule has 1 atom stereocenters. The first-order valence-corrected chi connectivity index (χ1v) is 14.4. The van der Waals surface area contributed by atoms with E-state index in [0.29, 0.717) is 22.7 Å². The number of aromatic nitrogens is 2. The molecule has 1 amide bonds. The molecule has 0 aliphatic carbocycles. The average molecular weight is 545 g/mol. The lowest BCUT2D eigenvalue weighted by Crippen LogP contribution is -2.42. The van der Waals surface area contributed by atoms with Crippen LogP contribution in [0.4, 0.5) is 6.01 Å². The molecule has 0 bridgehead atoms. The molecule has 1 N–H and O–H groups in total. The number of amides is 1. The van der Waals surface area contributed by atoms with Crippen molar-refractivity contribution in [1.82, 2.24) is 14.5 Å². The third kappa shape index (κ3) is 4.75. The molecule has 3 aromatic rings. The summed E-state index contributed by atoms with van der Waals surface area (Å²) in [5, 5.41) is 9.55. The summed E-state index contributed by atoms with van der Waals surface area (Å²) >= 11 is 6.80. The van der Waals surface area contributed by atoms with Crippen LogP contribution in [0.3, 0.4) is 0 Å². The molecule has 1 fully saturated rings. The SMILES string of the molecule is CC(C)S(=O)(=O)c1cccc(-c2nnc(NC(=O)C3CCCN3S(=O)(=O)c3ccc(Cl)s3)o2)c1. The second-order valence-electron chi connectivity index (χ2n) is 7.86. The molecule has 0 radical (unpaired) electrons. The standard InChI is InChI=1S/C20H21ClN4O6S3/c1-12(2)33(27,28)14-6-3-5-13(11-14)19-23-24-20(31-19)22-18(26)15-7-4-10-25(15)34(29,30)17-9-8-16(21)32-17/h3,5-6,8-9,11-12,15H,4,7,10H2,1-2H3,(H,22,24,26). The number of sulfone groups is 1. The van der Waals surface area contributed by atoms with Gasteiger partial charge in [-0.2, -0.15) is 4.31 Å². The van der Waals surface area contributed by atoms with E-state index in [1.807, 2.05) is 0 Å². The van der Waals surface area contributed by atoms with Gasteiger partial charge in [-0.1, -0.05) is 22.8 Å². The van der Waals surface area contributed by atoms with Crippen LogP contribution in [0, 0.1) is 0 Å². The number of nitrogens with zero attached hydrogens (tertiary/aromatic N) is 3. The molecule has 1 unspecified atom stereocenters. The summed E-state index contributed by atoms with van der Waals surface area (Å²) < 4.78 is 57.9. The maximum atomic E-state index is 13.0. The van der Waals surface area contributed by atoms with Crippen LogP contribution in [0.1, 0.15) is 26.7 Å². The Hall–Kier alpha value is -2.32. The van der Waals surface area contributed by atoms with Crippen LogP contribution in [0.25, 0.3) is 11.5 Å². The Labute approximate surface area is 205 Å². The van der Waals surface area contributed by atoms with Gasteiger partial charge in [0, 0.05) is 12.1 Å². The summed E-state index contributed by atoms with van der Waals surface area (Å²) in [7, 11) is -7.39. The van der Waals surface area contributed by atoms with Crippen molar-refractivity contribution in [3.8, 4) is 11.5 Å². The van der Waals surface area contributed by atoms with Crippen molar-refractivity contribution in [2.24, 2.45) is 0 Å². The number of carbonyl (C=O) groups is 1. The van der Waals surface area contributed by atoms with Crippen molar-refractivity contribution >= 4 is 54.7 Å². The third-order valence-corrected chi connectivity index (χ3v) is 11.1. The molecule has 14 heteroatoms. The minimum Gasteiger partial charge on any atom is -0.403 e. The summed E-state index contributed by atoms with van der Waals surface area (Å²) in [5.74, 6) is -0.588. The zero-order valence-electron chi connectivity index (χ0n) is 18.1. The van der Waals surface area contributed by atoms with Crippen LogP contribution >= 0.6 is 22.9 Å². The number of hydrogen-bond donors (Lipinski definition) is 1. The van der Waals surface area contributed by atoms with Crippen LogP contribution in [-0.2, 0) is 24.7 Å². The zero-order valence-corrected chi connectivity index (χ0v) is 21.3. The summed E-state index contributed by atoms with van der Waals surface area (Å²) in [4.78, 5) is 13.0. The lowest BCUT2D eigenvalue weighted by molar-refractivity contribution is -0.119. The highest BCUT2D eigenvalue weighted by atomic mass is 35.5. The smallest absolute Gasteiger partial charge is 0.322 e. The van der Waals surface area contributed by atoms with Crippen molar-refractivity contribution in [2.45, 2.75) is 47.1 Å². The van der Waals surface area contributed by atoms with E-state index in [4.69, 9.17) is 16.0 Å². The van der Waals surface area contributed by atoms with E-state index in [0.717, 1.165) is 15.6 Å². The fraction of sp³-hybridized carbons (Fsp3) is 0.350. The summed E-state index contributed by atoms with van der Waals surface area (Å²) in [6, 6.07) is 7.81. The van der Waals surface area contributed by atoms with E-state index >= 15 is 0 Å². The number of nitrogens with one attached hydrogen (secondary N) is 1. The molecule has 1 aromatic carbocycles. The normalized spacial score (nSPS) is 17.4. The lowest BCUT2D eigenvalue weighted by Gasteiger charge is -2.21. The quantitative estimate of drug-likeness (QED) is 0.477. The van der Waals surface area contributed by atoms with Gasteiger partial charge in [-0.05, 0) is 57.0 Å². The van der Waals surface area contributed by atoms with E-state index in [1.165, 1.54) is 24.3 Å². The van der Waals surface area contributed by atoms with Crippen LogP contribution < -0.4 is 5.32 Å². The maximum absolute atomic E-state index is 13.0. The molecule has 1 aliphatic heterocycles. The Kier molecular flexibility index (Phi) is 6.84. The summed E-state index contributed by atoms with van der Waals surface area (Å²) in [6.45, 7) is 3.37. The van der Waals surface area contributed by atoms with Crippen LogP contribution in [0.15, 0.2) is 49.9 Å². The number of benzene rings is 1. The molecule has 4 rings (SSSR count). The molecule has 182 valence electrons. The van der Waals surface area contributed by atoms with Gasteiger partial charge in [0.1, 0.15) is 10.3 Å². The molecule has 10 nitrogen and oxygen atoms in total. The maximum Gasteiger partial charge on any atom is 0.322 e. The van der Waals surface area contributed by atoms with E-state index < -0.39 is 37.1 Å². The third-order valence-electron chi connectivity index (χ3n) is 5.30. The number of hydrogen-bond acceptors (Lipinski definition) is 9. The van der Waals surface area contributed by atoms with E-state index in [2.05, 4.69) is 15.5 Å². The highest BCUT2D eigenvalue weighted by Crippen LogP contribution is 2.33. The zero-order chi connectivity index (χ0) is 24.7. The molecule has 3 heterocycles. The number of halogens is 1. The second-order valence-corrected chi connectivity index (χ2v) is 14.2. The monoisotopic (exact) mass is 544 g/mol. The van der Waals surface area contributed by atoms with Gasteiger partial charge >= 0.3 is 6.01 Å². The fourth-order valence-corrected chi connectivity index (χ4v) is 7.87. The Bertz CT molecular complexity index is 1430. The molecule has 1 aliphatic rings. The molecule has 1 saturated heterocycles. The van der Waals surface area contributed by atoms with Crippen LogP contribution in [0.2, 0.25) is 4.34 Å². The van der Waals surface area contributed by atoms with E-state index in [1.54, 1.807) is 26.0 Å². The first-order chi connectivity index (χ1) is 16.0. The highest BCUT2D eigenvalue weighted by molar-refractivity contribution is 7.92. The van der Waals surface area contributed by atoms with Crippen LogP contribution in [-0.4, -0.2) is 55.1 Å². The number of sulfonamides is 1. The minimum absolute atomic E-state index is 0.0141. The van der Waals surface area contributed by atoms with Crippen molar-refractivity contribution in [2.75, 3.05) is 11.9 Å². The predicted molar refractivity (Wildman–Crippen MR) is 127 cm³/mol. The van der Waals surface area contributed by atoms with Crippen LogP contribution in [0.5, 0.6) is 0 Å². The van der Waals surface area contributed by atoms with Crippen molar-refractivity contribution in [1.29, 1.82) is 0 Å². The Morgan fingerprint density at radius 1 is 1.21 bits per heavy atom. The van der Waals surface area contributed by atoms with E-state index in [-0.39, 0.29) is 27.6 Å². The van der Waals surface area contributed by atoms with Gasteiger partial charge in [0.25, 0.3) is 10.0 Å². The molecule has 0 saturated carbocycles. The predicted octanol–water partition coefficient (Wildman–Crippen LogP) is 3.43.